The van der Waals surface area contributed by atoms with E-state index in [1.54, 1.807) is 13.0 Å². The number of carbonyl (C=O) groups is 1. The molecule has 4 heteroatoms. The van der Waals surface area contributed by atoms with Crippen LogP contribution in [0, 0.1) is 5.82 Å². The number of carboxylic acid groups (broad SMARTS) is 1. The van der Waals surface area contributed by atoms with Crippen LogP contribution in [0.1, 0.15) is 24.8 Å². The standard InChI is InChI=1S/C11H13FO3/c1-7(6-10(13)14)11-8(12)4-3-5-9(11)15-2/h3-5,7H,6H2,1-2H3,(H,13,14). The maximum absolute atomic E-state index is 13.5. The molecule has 0 radical (unpaired) electrons. The van der Waals surface area contributed by atoms with Crippen LogP contribution in [-0.4, -0.2) is 18.2 Å². The molecule has 0 aromatic heterocycles. The first-order valence-electron chi connectivity index (χ1n) is 4.60. The number of carboxylic acids is 1. The Labute approximate surface area is 87.5 Å². The van der Waals surface area contributed by atoms with Gasteiger partial charge in [-0.1, -0.05) is 13.0 Å². The van der Waals surface area contributed by atoms with Crippen LogP contribution in [0.4, 0.5) is 4.39 Å². The molecule has 0 spiro atoms. The van der Waals surface area contributed by atoms with E-state index < -0.39 is 17.7 Å². The van der Waals surface area contributed by atoms with Gasteiger partial charge in [-0.25, -0.2) is 4.39 Å². The van der Waals surface area contributed by atoms with Crippen molar-refractivity contribution in [2.75, 3.05) is 7.11 Å². The third-order valence-electron chi connectivity index (χ3n) is 2.21. The lowest BCUT2D eigenvalue weighted by atomic mass is 9.96. The van der Waals surface area contributed by atoms with E-state index in [1.807, 2.05) is 0 Å². The van der Waals surface area contributed by atoms with Gasteiger partial charge in [0.25, 0.3) is 0 Å². The van der Waals surface area contributed by atoms with Crippen molar-refractivity contribution in [3.8, 4) is 5.75 Å². The van der Waals surface area contributed by atoms with E-state index in [9.17, 15) is 9.18 Å². The second-order valence-corrected chi connectivity index (χ2v) is 3.35. The van der Waals surface area contributed by atoms with Crippen LogP contribution < -0.4 is 4.74 Å². The molecular weight excluding hydrogens is 199 g/mol. The molecule has 0 bridgehead atoms. The average Bonchev–Trinajstić information content (AvgIpc) is 2.15. The van der Waals surface area contributed by atoms with E-state index in [0.717, 1.165) is 0 Å². The van der Waals surface area contributed by atoms with Gasteiger partial charge in [-0.15, -0.1) is 0 Å². The molecule has 1 rings (SSSR count). The summed E-state index contributed by atoms with van der Waals surface area (Å²) < 4.78 is 18.5. The summed E-state index contributed by atoms with van der Waals surface area (Å²) in [5, 5.41) is 8.64. The highest BCUT2D eigenvalue weighted by Crippen LogP contribution is 2.30. The summed E-state index contributed by atoms with van der Waals surface area (Å²) >= 11 is 0. The predicted octanol–water partition coefficient (Wildman–Crippen LogP) is 2.41. The first-order valence-corrected chi connectivity index (χ1v) is 4.60. The average molecular weight is 212 g/mol. The van der Waals surface area contributed by atoms with Crippen molar-refractivity contribution in [2.24, 2.45) is 0 Å². The normalized spacial score (nSPS) is 12.2. The second-order valence-electron chi connectivity index (χ2n) is 3.35. The quantitative estimate of drug-likeness (QED) is 0.833. The Morgan fingerprint density at radius 1 is 1.60 bits per heavy atom. The number of methoxy groups -OCH3 is 1. The molecule has 0 heterocycles. The number of rotatable bonds is 4. The topological polar surface area (TPSA) is 46.5 Å². The van der Waals surface area contributed by atoms with Gasteiger partial charge in [0.2, 0.25) is 0 Å². The van der Waals surface area contributed by atoms with E-state index in [4.69, 9.17) is 9.84 Å². The van der Waals surface area contributed by atoms with Gasteiger partial charge in [-0.3, -0.25) is 4.79 Å². The fraction of sp³-hybridized carbons (Fsp3) is 0.364. The minimum Gasteiger partial charge on any atom is -0.496 e. The van der Waals surface area contributed by atoms with Crippen LogP contribution in [0.25, 0.3) is 0 Å². The molecule has 0 fully saturated rings. The highest BCUT2D eigenvalue weighted by Gasteiger charge is 2.18. The van der Waals surface area contributed by atoms with Crippen LogP contribution in [0.2, 0.25) is 0 Å². The molecule has 1 aromatic rings. The van der Waals surface area contributed by atoms with E-state index in [-0.39, 0.29) is 6.42 Å². The summed E-state index contributed by atoms with van der Waals surface area (Å²) in [5.41, 5.74) is 0.322. The molecule has 0 aliphatic carbocycles. The molecule has 0 saturated heterocycles. The SMILES string of the molecule is COc1cccc(F)c1C(C)CC(=O)O. The van der Waals surface area contributed by atoms with Gasteiger partial charge < -0.3 is 9.84 Å². The third-order valence-corrected chi connectivity index (χ3v) is 2.21. The van der Waals surface area contributed by atoms with Gasteiger partial charge >= 0.3 is 5.97 Å². The summed E-state index contributed by atoms with van der Waals surface area (Å²) in [6.07, 6.45) is -0.114. The Morgan fingerprint density at radius 2 is 2.27 bits per heavy atom. The van der Waals surface area contributed by atoms with E-state index >= 15 is 0 Å². The maximum Gasteiger partial charge on any atom is 0.303 e. The largest absolute Gasteiger partial charge is 0.496 e. The predicted molar refractivity (Wildman–Crippen MR) is 53.6 cm³/mol. The first kappa shape index (κ1) is 11.5. The van der Waals surface area contributed by atoms with Crippen LogP contribution >= 0.6 is 0 Å². The highest BCUT2D eigenvalue weighted by molar-refractivity contribution is 5.68. The van der Waals surface area contributed by atoms with E-state index in [2.05, 4.69) is 0 Å². The van der Waals surface area contributed by atoms with Gasteiger partial charge in [-0.05, 0) is 18.1 Å². The van der Waals surface area contributed by atoms with Crippen molar-refractivity contribution in [1.82, 2.24) is 0 Å². The molecule has 1 aromatic carbocycles. The zero-order chi connectivity index (χ0) is 11.4. The Balaban J connectivity index is 3.05. The Morgan fingerprint density at radius 3 is 2.80 bits per heavy atom. The summed E-state index contributed by atoms with van der Waals surface area (Å²) in [4.78, 5) is 10.5. The van der Waals surface area contributed by atoms with Crippen LogP contribution in [0.5, 0.6) is 5.75 Å². The molecule has 0 saturated carbocycles. The van der Waals surface area contributed by atoms with Gasteiger partial charge in [0, 0.05) is 5.56 Å². The summed E-state index contributed by atoms with van der Waals surface area (Å²) in [6.45, 7) is 1.66. The molecule has 0 amide bonds. The molecule has 1 atom stereocenters. The first-order chi connectivity index (χ1) is 7.06. The number of ether oxygens (including phenoxy) is 1. The molecule has 0 aliphatic heterocycles. The smallest absolute Gasteiger partial charge is 0.303 e. The van der Waals surface area contributed by atoms with Crippen molar-refractivity contribution >= 4 is 5.97 Å². The fourth-order valence-corrected chi connectivity index (χ4v) is 1.54. The molecule has 0 aliphatic rings. The van der Waals surface area contributed by atoms with Gasteiger partial charge in [-0.2, -0.15) is 0 Å². The van der Waals surface area contributed by atoms with Gasteiger partial charge in [0.1, 0.15) is 11.6 Å². The lowest BCUT2D eigenvalue weighted by Crippen LogP contribution is -2.06. The molecule has 1 unspecified atom stereocenters. The van der Waals surface area contributed by atoms with Crippen molar-refractivity contribution in [3.05, 3.63) is 29.6 Å². The number of benzene rings is 1. The van der Waals surface area contributed by atoms with E-state index in [0.29, 0.717) is 11.3 Å². The van der Waals surface area contributed by atoms with Crippen molar-refractivity contribution in [1.29, 1.82) is 0 Å². The number of aliphatic carboxylic acids is 1. The van der Waals surface area contributed by atoms with Crippen molar-refractivity contribution < 1.29 is 19.0 Å². The monoisotopic (exact) mass is 212 g/mol. The summed E-state index contributed by atoms with van der Waals surface area (Å²) in [7, 11) is 1.44. The van der Waals surface area contributed by atoms with E-state index in [1.165, 1.54) is 19.2 Å². The summed E-state index contributed by atoms with van der Waals surface area (Å²) in [6, 6.07) is 4.46. The second kappa shape index (κ2) is 4.77. The molecule has 82 valence electrons. The lowest BCUT2D eigenvalue weighted by molar-refractivity contribution is -0.137. The summed E-state index contributed by atoms with van der Waals surface area (Å²) in [5.74, 6) is -1.39. The highest BCUT2D eigenvalue weighted by atomic mass is 19.1. The maximum atomic E-state index is 13.5. The lowest BCUT2D eigenvalue weighted by Gasteiger charge is -2.14. The van der Waals surface area contributed by atoms with Crippen molar-refractivity contribution in [2.45, 2.75) is 19.3 Å². The minimum atomic E-state index is -0.951. The van der Waals surface area contributed by atoms with Crippen LogP contribution in [0.3, 0.4) is 0 Å². The molecular formula is C11H13FO3. The van der Waals surface area contributed by atoms with Crippen LogP contribution in [0.15, 0.2) is 18.2 Å². The van der Waals surface area contributed by atoms with Crippen LogP contribution in [-0.2, 0) is 4.79 Å². The number of hydrogen-bond donors (Lipinski definition) is 1. The Kier molecular flexibility index (Phi) is 3.66. The zero-order valence-electron chi connectivity index (χ0n) is 8.66. The Bertz CT molecular complexity index is 363. The number of hydrogen-bond acceptors (Lipinski definition) is 2. The Hall–Kier alpha value is -1.58. The third kappa shape index (κ3) is 2.68. The van der Waals surface area contributed by atoms with Crippen molar-refractivity contribution in [3.63, 3.8) is 0 Å². The number of halogens is 1. The minimum absolute atomic E-state index is 0.114. The molecule has 3 nitrogen and oxygen atoms in total. The molecule has 1 N–H and O–H groups in total. The fourth-order valence-electron chi connectivity index (χ4n) is 1.54. The van der Waals surface area contributed by atoms with Gasteiger partial charge in [0.05, 0.1) is 13.5 Å². The van der Waals surface area contributed by atoms with Gasteiger partial charge in [0.15, 0.2) is 0 Å². The zero-order valence-corrected chi connectivity index (χ0v) is 8.66. The molecule has 15 heavy (non-hydrogen) atoms.